The molecular weight excluding hydrogens is 192 g/mol. The molecule has 0 aliphatic carbocycles. The smallest absolute Gasteiger partial charge is 0.0389 e. The van der Waals surface area contributed by atoms with Crippen molar-refractivity contribution in [3.05, 3.63) is 0 Å². The van der Waals surface area contributed by atoms with Gasteiger partial charge in [-0.2, -0.15) is 0 Å². The maximum atomic E-state index is 2.45. The molecule has 0 radical (unpaired) electrons. The highest BCUT2D eigenvalue weighted by Gasteiger charge is 2.24. The maximum Gasteiger partial charge on any atom is -0.0389 e. The molecule has 0 aliphatic heterocycles. The van der Waals surface area contributed by atoms with Gasteiger partial charge in [-0.25, -0.2) is 0 Å². The van der Waals surface area contributed by atoms with Gasteiger partial charge in [-0.05, 0) is 48.3 Å². The fourth-order valence-corrected chi connectivity index (χ4v) is 2.95. The molecule has 16 heavy (non-hydrogen) atoms. The van der Waals surface area contributed by atoms with E-state index in [9.17, 15) is 0 Å². The first-order chi connectivity index (χ1) is 7.25. The van der Waals surface area contributed by atoms with Crippen molar-refractivity contribution in [2.45, 2.75) is 68.2 Å². The molecule has 98 valence electrons. The lowest BCUT2D eigenvalue weighted by Crippen LogP contribution is -2.24. The predicted octanol–water partition coefficient (Wildman–Crippen LogP) is 5.62. The molecule has 0 aliphatic rings. The Balaban J connectivity index is 4.19. The van der Waals surface area contributed by atoms with Crippen molar-refractivity contribution in [3.63, 3.8) is 0 Å². The van der Waals surface area contributed by atoms with E-state index in [0.717, 1.165) is 35.5 Å². The number of rotatable bonds is 7. The van der Waals surface area contributed by atoms with Crippen LogP contribution in [0.3, 0.4) is 0 Å². The molecule has 0 amide bonds. The van der Waals surface area contributed by atoms with Crippen molar-refractivity contribution in [1.82, 2.24) is 0 Å². The van der Waals surface area contributed by atoms with Crippen molar-refractivity contribution in [1.29, 1.82) is 0 Å². The summed E-state index contributed by atoms with van der Waals surface area (Å²) < 4.78 is 0. The Kier molecular flexibility index (Phi) is 7.35. The van der Waals surface area contributed by atoms with Crippen LogP contribution >= 0.6 is 0 Å². The molecule has 0 rings (SSSR count). The minimum Gasteiger partial charge on any atom is -0.0628 e. The van der Waals surface area contributed by atoms with Gasteiger partial charge in [0.05, 0.1) is 0 Å². The van der Waals surface area contributed by atoms with Gasteiger partial charge in [0, 0.05) is 0 Å². The van der Waals surface area contributed by atoms with Crippen LogP contribution in [0.4, 0.5) is 0 Å². The zero-order valence-electron chi connectivity index (χ0n) is 12.9. The minimum atomic E-state index is 0.838. The Morgan fingerprint density at radius 1 is 0.500 bits per heavy atom. The Labute approximate surface area is 104 Å². The lowest BCUT2D eigenvalue weighted by Gasteiger charge is -2.32. The Morgan fingerprint density at radius 2 is 0.750 bits per heavy atom. The molecule has 4 atom stereocenters. The second-order valence-corrected chi connectivity index (χ2v) is 6.93. The molecule has 0 heterocycles. The Morgan fingerprint density at radius 3 is 0.938 bits per heavy atom. The highest BCUT2D eigenvalue weighted by molar-refractivity contribution is 4.74. The zero-order chi connectivity index (χ0) is 12.9. The highest BCUT2D eigenvalue weighted by Crippen LogP contribution is 2.33. The van der Waals surface area contributed by atoms with Crippen LogP contribution in [-0.2, 0) is 0 Å². The van der Waals surface area contributed by atoms with Crippen LogP contribution in [0.15, 0.2) is 0 Å². The van der Waals surface area contributed by atoms with Gasteiger partial charge >= 0.3 is 0 Å². The summed E-state index contributed by atoms with van der Waals surface area (Å²) in [6.45, 7) is 19.1. The molecule has 0 spiro atoms. The monoisotopic (exact) mass is 226 g/mol. The molecule has 0 aromatic carbocycles. The van der Waals surface area contributed by atoms with E-state index in [1.54, 1.807) is 0 Å². The Hall–Kier alpha value is 0. The Bertz CT molecular complexity index is 149. The summed E-state index contributed by atoms with van der Waals surface area (Å²) in [5.74, 6) is 5.12. The molecule has 0 fully saturated rings. The first-order valence-corrected chi connectivity index (χ1v) is 7.25. The average Bonchev–Trinajstić information content (AvgIpc) is 2.13. The van der Waals surface area contributed by atoms with Gasteiger partial charge in [-0.1, -0.05) is 55.4 Å². The van der Waals surface area contributed by atoms with Crippen molar-refractivity contribution in [2.24, 2.45) is 35.5 Å². The van der Waals surface area contributed by atoms with Gasteiger partial charge in [0.25, 0.3) is 0 Å². The summed E-state index contributed by atoms with van der Waals surface area (Å²) in [6, 6.07) is 0. The molecule has 0 nitrogen and oxygen atoms in total. The van der Waals surface area contributed by atoms with Crippen LogP contribution in [0, 0.1) is 35.5 Å². The van der Waals surface area contributed by atoms with E-state index >= 15 is 0 Å². The highest BCUT2D eigenvalue weighted by atomic mass is 14.3. The van der Waals surface area contributed by atoms with Gasteiger partial charge in [0.1, 0.15) is 0 Å². The van der Waals surface area contributed by atoms with E-state index in [1.165, 1.54) is 12.8 Å². The summed E-state index contributed by atoms with van der Waals surface area (Å²) in [5.41, 5.74) is 0. The van der Waals surface area contributed by atoms with Crippen molar-refractivity contribution in [3.8, 4) is 0 Å². The molecular formula is C16H34. The van der Waals surface area contributed by atoms with E-state index in [-0.39, 0.29) is 0 Å². The first-order valence-electron chi connectivity index (χ1n) is 7.25. The van der Waals surface area contributed by atoms with Crippen LogP contribution in [0.2, 0.25) is 0 Å². The van der Waals surface area contributed by atoms with E-state index in [0.29, 0.717) is 0 Å². The molecule has 0 saturated heterocycles. The summed E-state index contributed by atoms with van der Waals surface area (Å²) >= 11 is 0. The molecule has 0 N–H and O–H groups in total. The van der Waals surface area contributed by atoms with Crippen molar-refractivity contribution in [2.75, 3.05) is 0 Å². The summed E-state index contributed by atoms with van der Waals surface area (Å²) in [5, 5.41) is 0. The summed E-state index contributed by atoms with van der Waals surface area (Å²) in [7, 11) is 0. The van der Waals surface area contributed by atoms with Crippen molar-refractivity contribution < 1.29 is 0 Å². The zero-order valence-corrected chi connectivity index (χ0v) is 12.9. The summed E-state index contributed by atoms with van der Waals surface area (Å²) in [6.07, 6.45) is 2.75. The molecule has 4 unspecified atom stereocenters. The maximum absolute atomic E-state index is 2.45. The van der Waals surface area contributed by atoms with E-state index in [2.05, 4.69) is 55.4 Å². The topological polar surface area (TPSA) is 0 Å². The fraction of sp³-hybridized carbons (Fsp3) is 1.00. The van der Waals surface area contributed by atoms with Gasteiger partial charge < -0.3 is 0 Å². The third-order valence-corrected chi connectivity index (χ3v) is 4.31. The molecule has 0 saturated carbocycles. The van der Waals surface area contributed by atoms with Gasteiger partial charge in [-0.3, -0.25) is 0 Å². The van der Waals surface area contributed by atoms with Crippen LogP contribution in [-0.4, -0.2) is 0 Å². The SMILES string of the molecule is CC(C)CC(C)C(C)C(C)C(C)CC(C)C. The summed E-state index contributed by atoms with van der Waals surface area (Å²) in [4.78, 5) is 0. The normalized spacial score (nSPS) is 19.9. The minimum absolute atomic E-state index is 0.838. The number of hydrogen-bond donors (Lipinski definition) is 0. The van der Waals surface area contributed by atoms with Crippen molar-refractivity contribution >= 4 is 0 Å². The van der Waals surface area contributed by atoms with Gasteiger partial charge in [0.15, 0.2) is 0 Å². The standard InChI is InChI=1S/C16H34/c1-11(2)9-13(5)15(7)16(8)14(6)10-12(3)4/h11-16H,9-10H2,1-8H3. The van der Waals surface area contributed by atoms with E-state index in [1.807, 2.05) is 0 Å². The average molecular weight is 226 g/mol. The third kappa shape index (κ3) is 5.92. The van der Waals surface area contributed by atoms with Crippen LogP contribution in [0.5, 0.6) is 0 Å². The number of hydrogen-bond acceptors (Lipinski definition) is 0. The van der Waals surface area contributed by atoms with Crippen LogP contribution < -0.4 is 0 Å². The molecule has 0 heteroatoms. The van der Waals surface area contributed by atoms with Gasteiger partial charge in [-0.15, -0.1) is 0 Å². The second kappa shape index (κ2) is 7.35. The fourth-order valence-electron chi connectivity index (χ4n) is 2.95. The van der Waals surface area contributed by atoms with Gasteiger partial charge in [0.2, 0.25) is 0 Å². The molecule has 0 aromatic heterocycles. The van der Waals surface area contributed by atoms with E-state index in [4.69, 9.17) is 0 Å². The largest absolute Gasteiger partial charge is 0.0628 e. The predicted molar refractivity (Wildman–Crippen MR) is 75.6 cm³/mol. The molecule has 0 aromatic rings. The third-order valence-electron chi connectivity index (χ3n) is 4.31. The second-order valence-electron chi connectivity index (χ2n) is 6.93. The van der Waals surface area contributed by atoms with E-state index < -0.39 is 0 Å². The lowest BCUT2D eigenvalue weighted by molar-refractivity contribution is 0.177. The molecule has 0 bridgehead atoms. The quantitative estimate of drug-likeness (QED) is 0.528. The lowest BCUT2D eigenvalue weighted by atomic mass is 9.74. The van der Waals surface area contributed by atoms with Crippen LogP contribution in [0.1, 0.15) is 68.2 Å². The first kappa shape index (κ1) is 16.0. The van der Waals surface area contributed by atoms with Crippen LogP contribution in [0.25, 0.3) is 0 Å².